The predicted molar refractivity (Wildman–Crippen MR) is 86.7 cm³/mol. The van der Waals surface area contributed by atoms with Gasteiger partial charge in [-0.3, -0.25) is 4.79 Å². The van der Waals surface area contributed by atoms with Gasteiger partial charge < -0.3 is 15.2 Å². The summed E-state index contributed by atoms with van der Waals surface area (Å²) in [4.78, 5) is 22.5. The van der Waals surface area contributed by atoms with Crippen LogP contribution in [0, 0.1) is 6.92 Å². The zero-order chi connectivity index (χ0) is 15.9. The molecule has 1 N–H and O–H groups in total. The van der Waals surface area contributed by atoms with Gasteiger partial charge in [0.1, 0.15) is 0 Å². The van der Waals surface area contributed by atoms with Gasteiger partial charge in [0.25, 0.3) is 0 Å². The summed E-state index contributed by atoms with van der Waals surface area (Å²) in [7, 11) is 0. The number of hydrogen-bond donors (Lipinski definition) is 1. The molecular formula is C17H16NO3S-. The van der Waals surface area contributed by atoms with Crippen molar-refractivity contribution >= 4 is 29.3 Å². The lowest BCUT2D eigenvalue weighted by Gasteiger charge is -2.08. The highest BCUT2D eigenvalue weighted by atomic mass is 32.2. The van der Waals surface area contributed by atoms with E-state index in [0.29, 0.717) is 11.4 Å². The fourth-order valence-electron chi connectivity index (χ4n) is 1.91. The van der Waals surface area contributed by atoms with Crippen LogP contribution in [-0.4, -0.2) is 17.6 Å². The number of hydrogen-bond acceptors (Lipinski definition) is 4. The molecule has 0 spiro atoms. The number of benzene rings is 2. The number of anilines is 1. The Balaban J connectivity index is 1.80. The number of rotatable bonds is 6. The summed E-state index contributed by atoms with van der Waals surface area (Å²) in [5.74, 6) is -0.216. The zero-order valence-corrected chi connectivity index (χ0v) is 13.0. The van der Waals surface area contributed by atoms with Crippen molar-refractivity contribution in [2.45, 2.75) is 12.7 Å². The third-order valence-electron chi connectivity index (χ3n) is 3.16. The number of aryl methyl sites for hydroxylation is 1. The van der Waals surface area contributed by atoms with Crippen molar-refractivity contribution in [1.82, 2.24) is 0 Å². The van der Waals surface area contributed by atoms with Crippen molar-refractivity contribution in [2.75, 3.05) is 11.1 Å². The van der Waals surface area contributed by atoms with E-state index in [1.807, 2.05) is 12.1 Å². The van der Waals surface area contributed by atoms with Crippen LogP contribution in [0.2, 0.25) is 0 Å². The van der Waals surface area contributed by atoms with Gasteiger partial charge in [0, 0.05) is 11.4 Å². The first kappa shape index (κ1) is 16.1. The Kier molecular flexibility index (Phi) is 5.61. The van der Waals surface area contributed by atoms with Crippen LogP contribution in [-0.2, 0) is 10.5 Å². The van der Waals surface area contributed by atoms with Crippen molar-refractivity contribution in [3.05, 3.63) is 65.2 Å². The van der Waals surface area contributed by atoms with Crippen molar-refractivity contribution in [3.63, 3.8) is 0 Å². The van der Waals surface area contributed by atoms with E-state index in [-0.39, 0.29) is 11.5 Å². The fraction of sp³-hybridized carbons (Fsp3) is 0.176. The molecule has 2 aromatic rings. The maximum Gasteiger partial charge on any atom is 0.234 e. The van der Waals surface area contributed by atoms with E-state index >= 15 is 0 Å². The molecule has 4 nitrogen and oxygen atoms in total. The Morgan fingerprint density at radius 2 is 1.77 bits per heavy atom. The number of aromatic carboxylic acids is 1. The molecule has 0 saturated heterocycles. The van der Waals surface area contributed by atoms with Crippen molar-refractivity contribution in [3.8, 4) is 0 Å². The number of nitrogens with one attached hydrogen (secondary N) is 1. The largest absolute Gasteiger partial charge is 0.545 e. The lowest BCUT2D eigenvalue weighted by atomic mass is 10.1. The van der Waals surface area contributed by atoms with Crippen LogP contribution in [0.5, 0.6) is 0 Å². The molecule has 0 aromatic heterocycles. The van der Waals surface area contributed by atoms with Crippen molar-refractivity contribution < 1.29 is 14.7 Å². The SMILES string of the molecule is Cc1ccccc1CSCC(=O)Nc1ccc(C(=O)[O-])cc1. The number of carboxylic acid groups (broad SMARTS) is 1. The molecular weight excluding hydrogens is 298 g/mol. The molecule has 114 valence electrons. The van der Waals surface area contributed by atoms with Gasteiger partial charge in [0.15, 0.2) is 0 Å². The van der Waals surface area contributed by atoms with Gasteiger partial charge in [0.05, 0.1) is 11.7 Å². The highest BCUT2D eigenvalue weighted by molar-refractivity contribution is 7.99. The molecule has 0 aliphatic heterocycles. The third-order valence-corrected chi connectivity index (χ3v) is 4.14. The Morgan fingerprint density at radius 1 is 1.09 bits per heavy atom. The Morgan fingerprint density at radius 3 is 2.41 bits per heavy atom. The number of thioether (sulfide) groups is 1. The number of carbonyl (C=O) groups excluding carboxylic acids is 2. The van der Waals surface area contributed by atoms with E-state index in [4.69, 9.17) is 0 Å². The van der Waals surface area contributed by atoms with E-state index in [1.165, 1.54) is 35.0 Å². The minimum absolute atomic E-state index is 0.0897. The normalized spacial score (nSPS) is 10.2. The standard InChI is InChI=1S/C17H17NO3S/c1-12-4-2-3-5-14(12)10-22-11-16(19)18-15-8-6-13(7-9-15)17(20)21/h2-9H,10-11H2,1H3,(H,18,19)(H,20,21)/p-1. The topological polar surface area (TPSA) is 69.2 Å². The number of carboxylic acids is 1. The summed E-state index contributed by atoms with van der Waals surface area (Å²) in [6.45, 7) is 2.05. The monoisotopic (exact) mass is 314 g/mol. The minimum atomic E-state index is -1.23. The average molecular weight is 314 g/mol. The number of carbonyl (C=O) groups is 2. The number of amides is 1. The first-order chi connectivity index (χ1) is 10.6. The molecule has 0 atom stereocenters. The van der Waals surface area contributed by atoms with E-state index in [1.54, 1.807) is 12.1 Å². The second kappa shape index (κ2) is 7.66. The molecule has 0 heterocycles. The molecule has 0 aliphatic carbocycles. The molecule has 5 heteroatoms. The lowest BCUT2D eigenvalue weighted by molar-refractivity contribution is -0.255. The molecule has 0 fully saturated rings. The third kappa shape index (κ3) is 4.63. The highest BCUT2D eigenvalue weighted by Crippen LogP contribution is 2.16. The van der Waals surface area contributed by atoms with Crippen LogP contribution in [0.25, 0.3) is 0 Å². The molecule has 0 radical (unpaired) electrons. The lowest BCUT2D eigenvalue weighted by Crippen LogP contribution is -2.22. The van der Waals surface area contributed by atoms with Crippen LogP contribution in [0.3, 0.4) is 0 Å². The summed E-state index contributed by atoms with van der Waals surface area (Å²) < 4.78 is 0. The second-order valence-corrected chi connectivity index (χ2v) is 5.82. The van der Waals surface area contributed by atoms with Gasteiger partial charge in [0.2, 0.25) is 5.91 Å². The molecule has 1 amide bonds. The summed E-state index contributed by atoms with van der Waals surface area (Å²) in [5.41, 5.74) is 3.10. The van der Waals surface area contributed by atoms with Gasteiger partial charge in [-0.1, -0.05) is 36.4 Å². The minimum Gasteiger partial charge on any atom is -0.545 e. The van der Waals surface area contributed by atoms with Gasteiger partial charge in [-0.2, -0.15) is 0 Å². The Bertz CT molecular complexity index is 668. The zero-order valence-electron chi connectivity index (χ0n) is 12.2. The first-order valence-corrected chi connectivity index (χ1v) is 7.95. The summed E-state index contributed by atoms with van der Waals surface area (Å²) in [6.07, 6.45) is 0. The van der Waals surface area contributed by atoms with E-state index in [9.17, 15) is 14.7 Å². The van der Waals surface area contributed by atoms with Crippen LogP contribution in [0.1, 0.15) is 21.5 Å². The molecule has 22 heavy (non-hydrogen) atoms. The molecule has 0 bridgehead atoms. The summed E-state index contributed by atoms with van der Waals surface area (Å²) >= 11 is 1.54. The molecule has 2 rings (SSSR count). The molecule has 2 aromatic carbocycles. The Labute approximate surface area is 133 Å². The summed E-state index contributed by atoms with van der Waals surface area (Å²) in [6, 6.07) is 14.0. The molecule has 0 saturated carbocycles. The van der Waals surface area contributed by atoms with E-state index < -0.39 is 5.97 Å². The predicted octanol–water partition coefficient (Wildman–Crippen LogP) is 2.23. The van der Waals surface area contributed by atoms with Crippen LogP contribution in [0.15, 0.2) is 48.5 Å². The van der Waals surface area contributed by atoms with E-state index in [2.05, 4.69) is 24.4 Å². The van der Waals surface area contributed by atoms with Gasteiger partial charge in [-0.15, -0.1) is 11.8 Å². The van der Waals surface area contributed by atoms with Crippen LogP contribution >= 0.6 is 11.8 Å². The first-order valence-electron chi connectivity index (χ1n) is 6.80. The Hall–Kier alpha value is -2.27. The second-order valence-electron chi connectivity index (χ2n) is 4.83. The maximum atomic E-state index is 11.8. The van der Waals surface area contributed by atoms with Gasteiger partial charge in [-0.25, -0.2) is 0 Å². The van der Waals surface area contributed by atoms with Gasteiger partial charge in [-0.05, 0) is 35.7 Å². The highest BCUT2D eigenvalue weighted by Gasteiger charge is 2.04. The summed E-state index contributed by atoms with van der Waals surface area (Å²) in [5, 5.41) is 13.4. The van der Waals surface area contributed by atoms with Crippen molar-refractivity contribution in [2.24, 2.45) is 0 Å². The average Bonchev–Trinajstić information content (AvgIpc) is 2.50. The fourth-order valence-corrected chi connectivity index (χ4v) is 2.82. The van der Waals surface area contributed by atoms with Gasteiger partial charge >= 0.3 is 0 Å². The maximum absolute atomic E-state index is 11.8. The molecule has 0 aliphatic rings. The smallest absolute Gasteiger partial charge is 0.234 e. The van der Waals surface area contributed by atoms with E-state index in [0.717, 1.165) is 5.75 Å². The van der Waals surface area contributed by atoms with Crippen LogP contribution in [0.4, 0.5) is 5.69 Å². The molecule has 0 unspecified atom stereocenters. The van der Waals surface area contributed by atoms with Crippen LogP contribution < -0.4 is 10.4 Å². The van der Waals surface area contributed by atoms with Crippen molar-refractivity contribution in [1.29, 1.82) is 0 Å². The quantitative estimate of drug-likeness (QED) is 0.888.